The Morgan fingerprint density at radius 3 is 2.43 bits per heavy atom. The van der Waals surface area contributed by atoms with Crippen LogP contribution < -0.4 is 10.2 Å². The average molecular weight is 571 g/mol. The molecule has 1 N–H and O–H groups in total. The first-order valence-corrected chi connectivity index (χ1v) is 12.7. The van der Waals surface area contributed by atoms with Crippen molar-refractivity contribution in [3.63, 3.8) is 0 Å². The number of benzene rings is 4. The van der Waals surface area contributed by atoms with E-state index in [1.54, 1.807) is 6.21 Å². The molecule has 1 amide bonds. The molecule has 7 heteroatoms. The summed E-state index contributed by atoms with van der Waals surface area (Å²) in [6, 6.07) is 33.1. The summed E-state index contributed by atoms with van der Waals surface area (Å²) in [7, 11) is 0. The Morgan fingerprint density at radius 1 is 0.919 bits per heavy atom. The highest BCUT2D eigenvalue weighted by atomic mass is 79.9. The number of hydrogen-bond acceptors (Lipinski definition) is 4. The largest absolute Gasteiger partial charge is 0.484 e. The fraction of sp³-hybridized carbons (Fsp3) is 0.0333. The summed E-state index contributed by atoms with van der Waals surface area (Å²) in [6.45, 7) is -0.149. The quantitative estimate of drug-likeness (QED) is 0.163. The van der Waals surface area contributed by atoms with Gasteiger partial charge >= 0.3 is 0 Å². The second kappa shape index (κ2) is 11.4. The number of ether oxygens (including phenoxy) is 1. The second-order valence-corrected chi connectivity index (χ2v) is 9.59. The number of amides is 1. The van der Waals surface area contributed by atoms with E-state index >= 15 is 0 Å². The predicted molar refractivity (Wildman–Crippen MR) is 153 cm³/mol. The van der Waals surface area contributed by atoms with Gasteiger partial charge in [0.2, 0.25) is 0 Å². The summed E-state index contributed by atoms with van der Waals surface area (Å²) >= 11 is 9.67. The van der Waals surface area contributed by atoms with Crippen LogP contribution in [0.3, 0.4) is 0 Å². The van der Waals surface area contributed by atoms with Gasteiger partial charge in [-0.2, -0.15) is 5.10 Å². The monoisotopic (exact) mass is 569 g/mol. The number of rotatable bonds is 7. The van der Waals surface area contributed by atoms with Crippen molar-refractivity contribution < 1.29 is 9.53 Å². The number of hydrogen-bond donors (Lipinski definition) is 1. The summed E-state index contributed by atoms with van der Waals surface area (Å²) in [5.41, 5.74) is 8.13. The van der Waals surface area contributed by atoms with Crippen LogP contribution in [0.1, 0.15) is 5.56 Å². The van der Waals surface area contributed by atoms with Crippen LogP contribution in [-0.2, 0) is 4.79 Å². The number of carbonyl (C=O) groups excluding carboxylic acids is 1. The SMILES string of the molecule is O=C(COc1ccc(-c2cc(-c3ccccc3)c3cc(Cl)ccc3n2)cc1)NN=Cc1ccc(Br)cc1. The lowest BCUT2D eigenvalue weighted by molar-refractivity contribution is -0.123. The molecule has 4 aromatic carbocycles. The standard InChI is InChI=1S/C30H21BrClN3O2/c31-23-10-6-20(7-11-23)18-33-35-30(36)19-37-25-13-8-22(9-14-25)29-17-26(21-4-2-1-3-5-21)27-16-24(32)12-15-28(27)34-29/h1-18H,19H2,(H,35,36). The van der Waals surface area contributed by atoms with Crippen LogP contribution in [0.25, 0.3) is 33.3 Å². The summed E-state index contributed by atoms with van der Waals surface area (Å²) in [4.78, 5) is 17.0. The van der Waals surface area contributed by atoms with E-state index in [1.807, 2.05) is 84.9 Å². The van der Waals surface area contributed by atoms with Gasteiger partial charge in [-0.05, 0) is 77.4 Å². The highest BCUT2D eigenvalue weighted by Crippen LogP contribution is 2.33. The first kappa shape index (κ1) is 24.7. The van der Waals surface area contributed by atoms with Gasteiger partial charge in [0.15, 0.2) is 6.61 Å². The van der Waals surface area contributed by atoms with E-state index in [0.29, 0.717) is 10.8 Å². The van der Waals surface area contributed by atoms with E-state index in [1.165, 1.54) is 0 Å². The van der Waals surface area contributed by atoms with Gasteiger partial charge in [0, 0.05) is 20.4 Å². The Balaban J connectivity index is 1.28. The van der Waals surface area contributed by atoms with E-state index < -0.39 is 0 Å². The number of nitrogens with zero attached hydrogens (tertiary/aromatic N) is 2. The molecule has 37 heavy (non-hydrogen) atoms. The minimum absolute atomic E-state index is 0.149. The number of nitrogens with one attached hydrogen (secondary N) is 1. The maximum absolute atomic E-state index is 12.1. The normalized spacial score (nSPS) is 11.1. The van der Waals surface area contributed by atoms with Crippen LogP contribution in [0.4, 0.5) is 0 Å². The molecule has 5 aromatic rings. The van der Waals surface area contributed by atoms with Crippen LogP contribution >= 0.6 is 27.5 Å². The van der Waals surface area contributed by atoms with E-state index in [9.17, 15) is 4.79 Å². The summed E-state index contributed by atoms with van der Waals surface area (Å²) in [6.07, 6.45) is 1.58. The fourth-order valence-corrected chi connectivity index (χ4v) is 4.27. The average Bonchev–Trinajstić information content (AvgIpc) is 2.93. The predicted octanol–water partition coefficient (Wildman–Crippen LogP) is 7.51. The van der Waals surface area contributed by atoms with Crippen LogP contribution in [-0.4, -0.2) is 23.7 Å². The Hall–Kier alpha value is -4.00. The molecule has 1 heterocycles. The Kier molecular flexibility index (Phi) is 7.59. The highest BCUT2D eigenvalue weighted by Gasteiger charge is 2.11. The number of fused-ring (bicyclic) bond motifs is 1. The molecule has 0 aliphatic carbocycles. The molecule has 0 bridgehead atoms. The van der Waals surface area contributed by atoms with Crippen molar-refractivity contribution in [2.24, 2.45) is 5.10 Å². The van der Waals surface area contributed by atoms with Crippen LogP contribution in [0.5, 0.6) is 5.75 Å². The lowest BCUT2D eigenvalue weighted by Gasteiger charge is -2.11. The van der Waals surface area contributed by atoms with Crippen molar-refractivity contribution in [1.29, 1.82) is 0 Å². The third-order valence-electron chi connectivity index (χ3n) is 5.65. The van der Waals surface area contributed by atoms with Gasteiger partial charge in [-0.3, -0.25) is 4.79 Å². The zero-order valence-corrected chi connectivity index (χ0v) is 21.9. The third-order valence-corrected chi connectivity index (χ3v) is 6.41. The van der Waals surface area contributed by atoms with Gasteiger partial charge in [0.1, 0.15) is 5.75 Å². The molecule has 0 saturated carbocycles. The van der Waals surface area contributed by atoms with Crippen molar-refractivity contribution in [1.82, 2.24) is 10.4 Å². The number of pyridine rings is 1. The Morgan fingerprint density at radius 2 is 1.68 bits per heavy atom. The molecule has 5 rings (SSSR count). The number of carbonyl (C=O) groups is 1. The second-order valence-electron chi connectivity index (χ2n) is 8.24. The van der Waals surface area contributed by atoms with E-state index in [4.69, 9.17) is 21.3 Å². The third kappa shape index (κ3) is 6.23. The minimum atomic E-state index is -0.347. The summed E-state index contributed by atoms with van der Waals surface area (Å²) in [5, 5.41) is 5.63. The summed E-state index contributed by atoms with van der Waals surface area (Å²) in [5.74, 6) is 0.228. The number of halogens is 2. The molecule has 0 fully saturated rings. The van der Waals surface area contributed by atoms with E-state index in [-0.39, 0.29) is 12.5 Å². The highest BCUT2D eigenvalue weighted by molar-refractivity contribution is 9.10. The Labute approximate surface area is 227 Å². The lowest BCUT2D eigenvalue weighted by Crippen LogP contribution is -2.24. The molecule has 0 radical (unpaired) electrons. The molecule has 0 aliphatic heterocycles. The van der Waals surface area contributed by atoms with Gasteiger partial charge in [-0.15, -0.1) is 0 Å². The van der Waals surface area contributed by atoms with Crippen LogP contribution in [0, 0.1) is 0 Å². The molecule has 182 valence electrons. The van der Waals surface area contributed by atoms with Gasteiger partial charge < -0.3 is 4.74 Å². The zero-order valence-electron chi connectivity index (χ0n) is 19.6. The number of aromatic nitrogens is 1. The number of hydrazone groups is 1. The van der Waals surface area contributed by atoms with Gasteiger partial charge in [-0.25, -0.2) is 10.4 Å². The van der Waals surface area contributed by atoms with Gasteiger partial charge in [-0.1, -0.05) is 70.0 Å². The fourth-order valence-electron chi connectivity index (χ4n) is 3.83. The first-order chi connectivity index (χ1) is 18.0. The molecular formula is C30H21BrClN3O2. The maximum Gasteiger partial charge on any atom is 0.277 e. The van der Waals surface area contributed by atoms with Crippen LogP contribution in [0.2, 0.25) is 5.02 Å². The van der Waals surface area contributed by atoms with Crippen molar-refractivity contribution >= 4 is 50.6 Å². The summed E-state index contributed by atoms with van der Waals surface area (Å²) < 4.78 is 6.60. The minimum Gasteiger partial charge on any atom is -0.484 e. The topological polar surface area (TPSA) is 63.6 Å². The Bertz CT molecular complexity index is 1570. The van der Waals surface area contributed by atoms with Crippen LogP contribution in [0.15, 0.2) is 113 Å². The van der Waals surface area contributed by atoms with E-state index in [2.05, 4.69) is 44.7 Å². The lowest BCUT2D eigenvalue weighted by atomic mass is 9.98. The molecular weight excluding hydrogens is 550 g/mol. The smallest absolute Gasteiger partial charge is 0.277 e. The van der Waals surface area contributed by atoms with Crippen molar-refractivity contribution in [2.75, 3.05) is 6.61 Å². The van der Waals surface area contributed by atoms with Crippen molar-refractivity contribution in [3.8, 4) is 28.1 Å². The van der Waals surface area contributed by atoms with Crippen molar-refractivity contribution in [3.05, 3.63) is 118 Å². The molecule has 0 unspecified atom stereocenters. The first-order valence-electron chi connectivity index (χ1n) is 11.5. The van der Waals surface area contributed by atoms with E-state index in [0.717, 1.165) is 43.3 Å². The molecule has 1 aromatic heterocycles. The van der Waals surface area contributed by atoms with Crippen molar-refractivity contribution in [2.45, 2.75) is 0 Å². The molecule has 0 saturated heterocycles. The molecule has 0 atom stereocenters. The molecule has 0 spiro atoms. The molecule has 5 nitrogen and oxygen atoms in total. The van der Waals surface area contributed by atoms with Gasteiger partial charge in [0.05, 0.1) is 17.4 Å². The van der Waals surface area contributed by atoms with Gasteiger partial charge in [0.25, 0.3) is 5.91 Å². The zero-order chi connectivity index (χ0) is 25.6. The maximum atomic E-state index is 12.1. The molecule has 0 aliphatic rings.